The first-order chi connectivity index (χ1) is 15.0. The van der Waals surface area contributed by atoms with Crippen LogP contribution >= 0.6 is 0 Å². The van der Waals surface area contributed by atoms with E-state index in [4.69, 9.17) is 9.15 Å². The van der Waals surface area contributed by atoms with Crippen molar-refractivity contribution in [2.45, 2.75) is 26.9 Å². The number of hydrogen-bond donors (Lipinski definition) is 1. The molecule has 3 aromatic heterocycles. The fraction of sp³-hybridized carbons (Fsp3) is 0.261. The molecular formula is C23H24N4O4. The van der Waals surface area contributed by atoms with Gasteiger partial charge in [-0.3, -0.25) is 4.79 Å². The van der Waals surface area contributed by atoms with Gasteiger partial charge in [-0.1, -0.05) is 18.2 Å². The maximum Gasteiger partial charge on any atom is 0.341 e. The molecule has 1 N–H and O–H groups in total. The van der Waals surface area contributed by atoms with Gasteiger partial charge in [0, 0.05) is 25.0 Å². The molecule has 0 atom stereocenters. The molecule has 3 heterocycles. The van der Waals surface area contributed by atoms with Crippen molar-refractivity contribution in [3.63, 3.8) is 0 Å². The third-order valence-electron chi connectivity index (χ3n) is 5.11. The molecule has 0 saturated heterocycles. The lowest BCUT2D eigenvalue weighted by Crippen LogP contribution is -2.21. The minimum absolute atomic E-state index is 0.160. The topological polar surface area (TPSA) is 91.3 Å². The molecule has 4 aromatic rings. The standard InChI is InChI=1S/C23H24N4O4/c1-4-30-23(29)18-13-25-27(21(18)14-24-12-16-10-9-15(2)31-16)20-11-22(28)26(3)19-8-6-5-7-17(19)20/h5-11,13,24H,4,12,14H2,1-3H3. The first-order valence-electron chi connectivity index (χ1n) is 10.1. The first kappa shape index (κ1) is 20.6. The molecule has 4 rings (SSSR count). The van der Waals surface area contributed by atoms with Gasteiger partial charge in [0.2, 0.25) is 0 Å². The van der Waals surface area contributed by atoms with Crippen molar-refractivity contribution in [2.24, 2.45) is 7.05 Å². The van der Waals surface area contributed by atoms with Crippen LogP contribution in [0.1, 0.15) is 34.5 Å². The van der Waals surface area contributed by atoms with Crippen molar-refractivity contribution in [3.05, 3.63) is 81.8 Å². The quantitative estimate of drug-likeness (QED) is 0.462. The maximum atomic E-state index is 12.6. The van der Waals surface area contributed by atoms with Crippen LogP contribution in [-0.4, -0.2) is 26.9 Å². The fourth-order valence-electron chi connectivity index (χ4n) is 3.58. The molecule has 0 aliphatic heterocycles. The molecule has 0 aliphatic rings. The number of aryl methyl sites for hydroxylation is 2. The van der Waals surface area contributed by atoms with Crippen LogP contribution in [0.15, 0.2) is 57.9 Å². The Morgan fingerprint density at radius 1 is 1.19 bits per heavy atom. The van der Waals surface area contributed by atoms with E-state index in [1.54, 1.807) is 23.2 Å². The van der Waals surface area contributed by atoms with E-state index in [0.29, 0.717) is 30.0 Å². The van der Waals surface area contributed by atoms with Gasteiger partial charge in [0.1, 0.15) is 17.1 Å². The number of ether oxygens (including phenoxy) is 1. The summed E-state index contributed by atoms with van der Waals surface area (Å²) in [5, 5.41) is 8.59. The summed E-state index contributed by atoms with van der Waals surface area (Å²) in [5.74, 6) is 1.17. The zero-order chi connectivity index (χ0) is 22.0. The average Bonchev–Trinajstić information content (AvgIpc) is 3.37. The normalized spacial score (nSPS) is 11.2. The molecule has 0 amide bonds. The van der Waals surface area contributed by atoms with E-state index in [1.165, 1.54) is 12.3 Å². The van der Waals surface area contributed by atoms with Gasteiger partial charge in [-0.15, -0.1) is 0 Å². The Bertz CT molecular complexity index is 1300. The van der Waals surface area contributed by atoms with Crippen molar-refractivity contribution in [1.82, 2.24) is 19.7 Å². The second-order valence-corrected chi connectivity index (χ2v) is 7.20. The maximum absolute atomic E-state index is 12.6. The third-order valence-corrected chi connectivity index (χ3v) is 5.11. The number of pyridine rings is 1. The third kappa shape index (κ3) is 4.02. The Labute approximate surface area is 179 Å². The lowest BCUT2D eigenvalue weighted by atomic mass is 10.1. The van der Waals surface area contributed by atoms with E-state index >= 15 is 0 Å². The SMILES string of the molecule is CCOC(=O)c1cnn(-c2cc(=O)n(C)c3ccccc23)c1CNCc1ccc(C)o1. The number of aromatic nitrogens is 3. The molecule has 31 heavy (non-hydrogen) atoms. The minimum atomic E-state index is -0.451. The molecule has 0 saturated carbocycles. The Morgan fingerprint density at radius 3 is 2.74 bits per heavy atom. The van der Waals surface area contributed by atoms with Crippen LogP contribution in [0.2, 0.25) is 0 Å². The van der Waals surface area contributed by atoms with Gasteiger partial charge < -0.3 is 19.0 Å². The van der Waals surface area contributed by atoms with E-state index in [9.17, 15) is 9.59 Å². The van der Waals surface area contributed by atoms with Gasteiger partial charge in [-0.25, -0.2) is 9.48 Å². The summed E-state index contributed by atoms with van der Waals surface area (Å²) in [6, 6.07) is 12.9. The van der Waals surface area contributed by atoms with E-state index in [0.717, 1.165) is 22.4 Å². The second-order valence-electron chi connectivity index (χ2n) is 7.20. The number of nitrogens with zero attached hydrogens (tertiary/aromatic N) is 3. The molecule has 0 aliphatic carbocycles. The molecule has 0 bridgehead atoms. The van der Waals surface area contributed by atoms with Crippen LogP contribution in [0.4, 0.5) is 0 Å². The number of esters is 1. The monoisotopic (exact) mass is 420 g/mol. The summed E-state index contributed by atoms with van der Waals surface area (Å²) in [6.45, 7) is 4.72. The van der Waals surface area contributed by atoms with Gasteiger partial charge >= 0.3 is 5.97 Å². The highest BCUT2D eigenvalue weighted by Crippen LogP contribution is 2.23. The number of carbonyl (C=O) groups excluding carboxylic acids is 1. The molecule has 8 nitrogen and oxygen atoms in total. The summed E-state index contributed by atoms with van der Waals surface area (Å²) in [4.78, 5) is 25.1. The van der Waals surface area contributed by atoms with Gasteiger partial charge in [-0.05, 0) is 32.0 Å². The molecule has 0 unspecified atom stereocenters. The number of fused-ring (bicyclic) bond motifs is 1. The van der Waals surface area contributed by atoms with E-state index < -0.39 is 5.97 Å². The predicted molar refractivity (Wildman–Crippen MR) is 116 cm³/mol. The minimum Gasteiger partial charge on any atom is -0.465 e. The number of hydrogen-bond acceptors (Lipinski definition) is 6. The molecule has 1 aromatic carbocycles. The van der Waals surface area contributed by atoms with Crippen LogP contribution in [-0.2, 0) is 24.9 Å². The highest BCUT2D eigenvalue weighted by molar-refractivity contribution is 5.92. The van der Waals surface area contributed by atoms with Crippen molar-refractivity contribution in [1.29, 1.82) is 0 Å². The van der Waals surface area contributed by atoms with Crippen LogP contribution in [0.5, 0.6) is 0 Å². The molecule has 0 fully saturated rings. The average molecular weight is 420 g/mol. The number of furan rings is 1. The first-order valence-corrected chi connectivity index (χ1v) is 10.1. The van der Waals surface area contributed by atoms with Crippen LogP contribution in [0.3, 0.4) is 0 Å². The number of rotatable bonds is 7. The lowest BCUT2D eigenvalue weighted by Gasteiger charge is -2.14. The van der Waals surface area contributed by atoms with Crippen LogP contribution in [0.25, 0.3) is 16.6 Å². The van der Waals surface area contributed by atoms with Gasteiger partial charge in [-0.2, -0.15) is 5.10 Å². The molecule has 0 spiro atoms. The summed E-state index contributed by atoms with van der Waals surface area (Å²) in [5.41, 5.74) is 2.20. The predicted octanol–water partition coefficient (Wildman–Crippen LogP) is 3.09. The Kier molecular flexibility index (Phi) is 5.73. The van der Waals surface area contributed by atoms with Crippen molar-refractivity contribution in [2.75, 3.05) is 6.61 Å². The van der Waals surface area contributed by atoms with Crippen molar-refractivity contribution >= 4 is 16.9 Å². The van der Waals surface area contributed by atoms with Gasteiger partial charge in [0.15, 0.2) is 0 Å². The summed E-state index contributed by atoms with van der Waals surface area (Å²) >= 11 is 0. The number of para-hydroxylation sites is 1. The largest absolute Gasteiger partial charge is 0.465 e. The molecule has 8 heteroatoms. The van der Waals surface area contributed by atoms with Crippen LogP contribution < -0.4 is 10.9 Å². The number of benzene rings is 1. The fourth-order valence-corrected chi connectivity index (χ4v) is 3.58. The summed E-state index contributed by atoms with van der Waals surface area (Å²) in [6.07, 6.45) is 1.48. The summed E-state index contributed by atoms with van der Waals surface area (Å²) < 4.78 is 14.0. The highest BCUT2D eigenvalue weighted by Gasteiger charge is 2.21. The summed E-state index contributed by atoms with van der Waals surface area (Å²) in [7, 11) is 1.73. The van der Waals surface area contributed by atoms with Gasteiger partial charge in [0.05, 0.1) is 36.2 Å². The molecule has 160 valence electrons. The Morgan fingerprint density at radius 2 is 2.00 bits per heavy atom. The molecular weight excluding hydrogens is 396 g/mol. The highest BCUT2D eigenvalue weighted by atomic mass is 16.5. The van der Waals surface area contributed by atoms with Crippen molar-refractivity contribution in [3.8, 4) is 5.69 Å². The second kappa shape index (κ2) is 8.61. The number of carbonyl (C=O) groups is 1. The van der Waals surface area contributed by atoms with E-state index in [1.807, 2.05) is 43.3 Å². The van der Waals surface area contributed by atoms with Crippen molar-refractivity contribution < 1.29 is 13.9 Å². The Balaban J connectivity index is 1.77. The van der Waals surface area contributed by atoms with Gasteiger partial charge in [0.25, 0.3) is 5.56 Å². The molecule has 0 radical (unpaired) electrons. The Hall–Kier alpha value is -3.65. The van der Waals surface area contributed by atoms with Crippen LogP contribution in [0, 0.1) is 6.92 Å². The van der Waals surface area contributed by atoms with E-state index in [-0.39, 0.29) is 12.2 Å². The smallest absolute Gasteiger partial charge is 0.341 e. The zero-order valence-corrected chi connectivity index (χ0v) is 17.7. The van der Waals surface area contributed by atoms with E-state index in [2.05, 4.69) is 10.4 Å². The zero-order valence-electron chi connectivity index (χ0n) is 17.7. The lowest BCUT2D eigenvalue weighted by molar-refractivity contribution is 0.0525. The number of nitrogens with one attached hydrogen (secondary N) is 1.